The van der Waals surface area contributed by atoms with Gasteiger partial charge in [-0.15, -0.1) is 0 Å². The molecular formula is C12H12N4O4. The van der Waals surface area contributed by atoms with Gasteiger partial charge in [0.05, 0.1) is 18.6 Å². The number of aromatic nitrogens is 2. The van der Waals surface area contributed by atoms with E-state index >= 15 is 0 Å². The van der Waals surface area contributed by atoms with E-state index in [-0.39, 0.29) is 23.5 Å². The minimum atomic E-state index is -1.27. The molecule has 104 valence electrons. The van der Waals surface area contributed by atoms with Gasteiger partial charge in [0, 0.05) is 11.9 Å². The first-order chi connectivity index (χ1) is 9.56. The van der Waals surface area contributed by atoms with Gasteiger partial charge in [-0.05, 0) is 18.2 Å². The molecular weight excluding hydrogens is 264 g/mol. The molecule has 0 atom stereocenters. The van der Waals surface area contributed by atoms with E-state index in [1.807, 2.05) is 0 Å². The second-order valence-electron chi connectivity index (χ2n) is 3.92. The van der Waals surface area contributed by atoms with Crippen LogP contribution in [0, 0.1) is 0 Å². The summed E-state index contributed by atoms with van der Waals surface area (Å²) in [5.41, 5.74) is 0.718. The fourth-order valence-electron chi connectivity index (χ4n) is 1.52. The Balaban J connectivity index is 1.97. The Morgan fingerprint density at radius 2 is 2.15 bits per heavy atom. The van der Waals surface area contributed by atoms with Gasteiger partial charge < -0.3 is 25.8 Å². The summed E-state index contributed by atoms with van der Waals surface area (Å²) < 4.78 is 0. The van der Waals surface area contributed by atoms with Crippen LogP contribution in [-0.4, -0.2) is 32.2 Å². The molecule has 2 rings (SSSR count). The van der Waals surface area contributed by atoms with Crippen molar-refractivity contribution in [3.05, 3.63) is 42.0 Å². The van der Waals surface area contributed by atoms with Crippen LogP contribution in [0.2, 0.25) is 0 Å². The predicted octanol–water partition coefficient (Wildman–Crippen LogP) is 1.14. The molecule has 8 heteroatoms. The molecule has 1 aromatic heterocycles. The maximum Gasteiger partial charge on any atom is 0.339 e. The standard InChI is InChI=1S/C12H12N4O4/c17-10-2-1-7(3-9(10)11(18)19)16-12(20)14-5-8-4-13-6-15-8/h1-4,6,17H,5H2,(H,13,15)(H,18,19)(H2,14,16,20). The number of aromatic amines is 1. The normalized spacial score (nSPS) is 10.0. The second-order valence-corrected chi connectivity index (χ2v) is 3.92. The van der Waals surface area contributed by atoms with Gasteiger partial charge in [-0.25, -0.2) is 14.6 Å². The Morgan fingerprint density at radius 1 is 1.35 bits per heavy atom. The number of carboxylic acid groups (broad SMARTS) is 1. The van der Waals surface area contributed by atoms with Crippen LogP contribution < -0.4 is 10.6 Å². The lowest BCUT2D eigenvalue weighted by molar-refractivity contribution is 0.0693. The van der Waals surface area contributed by atoms with Crippen molar-refractivity contribution in [1.29, 1.82) is 0 Å². The number of imidazole rings is 1. The number of anilines is 1. The largest absolute Gasteiger partial charge is 0.507 e. The lowest BCUT2D eigenvalue weighted by Crippen LogP contribution is -2.28. The molecule has 20 heavy (non-hydrogen) atoms. The first kappa shape index (κ1) is 13.4. The highest BCUT2D eigenvalue weighted by molar-refractivity contribution is 5.95. The molecule has 0 bridgehead atoms. The Bertz CT molecular complexity index is 624. The van der Waals surface area contributed by atoms with Crippen molar-refractivity contribution >= 4 is 17.7 Å². The van der Waals surface area contributed by atoms with E-state index in [2.05, 4.69) is 20.6 Å². The third kappa shape index (κ3) is 3.25. The van der Waals surface area contributed by atoms with Gasteiger partial charge in [0.2, 0.25) is 0 Å². The molecule has 5 N–H and O–H groups in total. The molecule has 1 aromatic carbocycles. The molecule has 2 aromatic rings. The smallest absolute Gasteiger partial charge is 0.339 e. The number of phenols is 1. The monoisotopic (exact) mass is 276 g/mol. The van der Waals surface area contributed by atoms with E-state index in [0.29, 0.717) is 0 Å². The van der Waals surface area contributed by atoms with Crippen LogP contribution in [0.15, 0.2) is 30.7 Å². The van der Waals surface area contributed by atoms with Gasteiger partial charge in [0.15, 0.2) is 0 Å². The maximum atomic E-state index is 11.6. The van der Waals surface area contributed by atoms with Crippen LogP contribution in [0.1, 0.15) is 16.1 Å². The Hall–Kier alpha value is -3.03. The molecule has 0 saturated carbocycles. The van der Waals surface area contributed by atoms with Crippen LogP contribution in [0.4, 0.5) is 10.5 Å². The minimum Gasteiger partial charge on any atom is -0.507 e. The number of hydrogen-bond donors (Lipinski definition) is 5. The first-order valence-electron chi connectivity index (χ1n) is 5.64. The van der Waals surface area contributed by atoms with Gasteiger partial charge in [0.1, 0.15) is 11.3 Å². The third-order valence-electron chi connectivity index (χ3n) is 2.48. The lowest BCUT2D eigenvalue weighted by Gasteiger charge is -2.08. The third-order valence-corrected chi connectivity index (χ3v) is 2.48. The van der Waals surface area contributed by atoms with E-state index in [1.165, 1.54) is 24.5 Å². The molecule has 0 unspecified atom stereocenters. The summed E-state index contributed by atoms with van der Waals surface area (Å²) in [5.74, 6) is -1.63. The van der Waals surface area contributed by atoms with Gasteiger partial charge in [-0.2, -0.15) is 0 Å². The van der Waals surface area contributed by atoms with E-state index in [9.17, 15) is 14.7 Å². The minimum absolute atomic E-state index is 0.260. The summed E-state index contributed by atoms with van der Waals surface area (Å²) in [4.78, 5) is 29.1. The number of urea groups is 1. The molecule has 0 spiro atoms. The summed E-state index contributed by atoms with van der Waals surface area (Å²) in [6.45, 7) is 0.260. The van der Waals surface area contributed by atoms with E-state index in [4.69, 9.17) is 5.11 Å². The van der Waals surface area contributed by atoms with Gasteiger partial charge in [-0.1, -0.05) is 0 Å². The van der Waals surface area contributed by atoms with Crippen molar-refractivity contribution in [3.8, 4) is 5.75 Å². The fourth-order valence-corrected chi connectivity index (χ4v) is 1.52. The number of nitrogens with zero attached hydrogens (tertiary/aromatic N) is 1. The molecule has 0 saturated heterocycles. The fraction of sp³-hybridized carbons (Fsp3) is 0.0833. The first-order valence-corrected chi connectivity index (χ1v) is 5.64. The number of rotatable bonds is 4. The second kappa shape index (κ2) is 5.74. The molecule has 8 nitrogen and oxygen atoms in total. The number of carbonyl (C=O) groups excluding carboxylic acids is 1. The Labute approximate surface area is 113 Å². The van der Waals surface area contributed by atoms with Crippen molar-refractivity contribution in [2.75, 3.05) is 5.32 Å². The summed E-state index contributed by atoms with van der Waals surface area (Å²) in [7, 11) is 0. The number of carbonyl (C=O) groups is 2. The maximum absolute atomic E-state index is 11.6. The van der Waals surface area contributed by atoms with Gasteiger partial charge in [0.25, 0.3) is 0 Å². The van der Waals surface area contributed by atoms with Crippen LogP contribution in [-0.2, 0) is 6.54 Å². The number of amides is 2. The highest BCUT2D eigenvalue weighted by Crippen LogP contribution is 2.21. The van der Waals surface area contributed by atoms with Crippen LogP contribution in [0.3, 0.4) is 0 Å². The molecule has 0 aliphatic rings. The average Bonchev–Trinajstić information content (AvgIpc) is 2.91. The quantitative estimate of drug-likeness (QED) is 0.535. The SMILES string of the molecule is O=C(NCc1cnc[nH]1)Nc1ccc(O)c(C(=O)O)c1. The topological polar surface area (TPSA) is 127 Å². The van der Waals surface area contributed by atoms with E-state index in [0.717, 1.165) is 5.69 Å². The van der Waals surface area contributed by atoms with Crippen LogP contribution >= 0.6 is 0 Å². The van der Waals surface area contributed by atoms with Crippen LogP contribution in [0.5, 0.6) is 5.75 Å². The highest BCUT2D eigenvalue weighted by Gasteiger charge is 2.11. The van der Waals surface area contributed by atoms with Crippen molar-refractivity contribution < 1.29 is 19.8 Å². The van der Waals surface area contributed by atoms with Crippen LogP contribution in [0.25, 0.3) is 0 Å². The summed E-state index contributed by atoms with van der Waals surface area (Å²) in [6, 6.07) is 3.28. The number of benzene rings is 1. The van der Waals surface area contributed by atoms with Crippen molar-refractivity contribution in [2.24, 2.45) is 0 Å². The Morgan fingerprint density at radius 3 is 2.80 bits per heavy atom. The summed E-state index contributed by atoms with van der Waals surface area (Å²) in [6.07, 6.45) is 3.07. The van der Waals surface area contributed by atoms with Gasteiger partial charge >= 0.3 is 12.0 Å². The number of H-pyrrole nitrogens is 1. The van der Waals surface area contributed by atoms with Crippen molar-refractivity contribution in [1.82, 2.24) is 15.3 Å². The van der Waals surface area contributed by atoms with E-state index in [1.54, 1.807) is 6.20 Å². The number of aromatic hydroxyl groups is 1. The lowest BCUT2D eigenvalue weighted by atomic mass is 10.2. The van der Waals surface area contributed by atoms with Crippen molar-refractivity contribution in [3.63, 3.8) is 0 Å². The zero-order valence-electron chi connectivity index (χ0n) is 10.3. The Kier molecular flexibility index (Phi) is 3.85. The predicted molar refractivity (Wildman–Crippen MR) is 69.5 cm³/mol. The number of aromatic carboxylic acids is 1. The average molecular weight is 276 g/mol. The number of carboxylic acids is 1. The summed E-state index contributed by atoms with van der Waals surface area (Å²) in [5, 5.41) is 23.2. The molecule has 0 aliphatic heterocycles. The van der Waals surface area contributed by atoms with E-state index < -0.39 is 12.0 Å². The van der Waals surface area contributed by atoms with Gasteiger partial charge in [-0.3, -0.25) is 0 Å². The highest BCUT2D eigenvalue weighted by atomic mass is 16.4. The zero-order valence-corrected chi connectivity index (χ0v) is 10.3. The zero-order chi connectivity index (χ0) is 14.5. The summed E-state index contributed by atoms with van der Waals surface area (Å²) >= 11 is 0. The molecule has 0 fully saturated rings. The number of nitrogens with one attached hydrogen (secondary N) is 3. The molecule has 2 amide bonds. The van der Waals surface area contributed by atoms with Crippen molar-refractivity contribution in [2.45, 2.75) is 6.54 Å². The number of hydrogen-bond acceptors (Lipinski definition) is 4. The molecule has 0 aliphatic carbocycles. The molecule has 0 radical (unpaired) electrons. The molecule has 1 heterocycles.